The van der Waals surface area contributed by atoms with E-state index in [1.807, 2.05) is 12.1 Å². The molecule has 0 amide bonds. The van der Waals surface area contributed by atoms with Crippen LogP contribution in [-0.2, 0) is 0 Å². The Bertz CT molecular complexity index is 615. The summed E-state index contributed by atoms with van der Waals surface area (Å²) in [6, 6.07) is 7.92. The molecule has 7 heteroatoms. The van der Waals surface area contributed by atoms with Gasteiger partial charge in [0.25, 0.3) is 0 Å². The number of anilines is 2. The first-order valence-corrected chi connectivity index (χ1v) is 8.21. The summed E-state index contributed by atoms with van der Waals surface area (Å²) in [7, 11) is 0. The lowest BCUT2D eigenvalue weighted by Gasteiger charge is -2.17. The van der Waals surface area contributed by atoms with Crippen molar-refractivity contribution in [1.82, 2.24) is 15.3 Å². The Balaban J connectivity index is 2.34. The second-order valence-electron chi connectivity index (χ2n) is 4.56. The van der Waals surface area contributed by atoms with Crippen LogP contribution in [0.3, 0.4) is 0 Å². The standard InChI is InChI=1S/C14H18BrN5S/c1-3-18-8(2)10-6-9(15)4-5-11(10)21-14-19-12(16)7-13(17)20-14/h4-8,18H,3H2,1-2H3,(H4,16,17,19,20). The van der Waals surface area contributed by atoms with Crippen LogP contribution in [0.25, 0.3) is 0 Å². The second kappa shape index (κ2) is 7.11. The zero-order valence-electron chi connectivity index (χ0n) is 11.9. The number of aromatic nitrogens is 2. The van der Waals surface area contributed by atoms with E-state index in [1.54, 1.807) is 6.07 Å². The maximum Gasteiger partial charge on any atom is 0.196 e. The van der Waals surface area contributed by atoms with Crippen LogP contribution in [0.5, 0.6) is 0 Å². The minimum absolute atomic E-state index is 0.230. The first-order chi connectivity index (χ1) is 9.99. The van der Waals surface area contributed by atoms with Gasteiger partial charge in [-0.1, -0.05) is 22.9 Å². The summed E-state index contributed by atoms with van der Waals surface area (Å²) < 4.78 is 1.04. The van der Waals surface area contributed by atoms with Gasteiger partial charge in [0.2, 0.25) is 0 Å². The van der Waals surface area contributed by atoms with Gasteiger partial charge in [-0.15, -0.1) is 0 Å². The van der Waals surface area contributed by atoms with Crippen LogP contribution in [0.1, 0.15) is 25.5 Å². The smallest absolute Gasteiger partial charge is 0.196 e. The summed E-state index contributed by atoms with van der Waals surface area (Å²) in [6.45, 7) is 5.12. The van der Waals surface area contributed by atoms with E-state index in [9.17, 15) is 0 Å². The zero-order chi connectivity index (χ0) is 15.4. The molecule has 5 nitrogen and oxygen atoms in total. The maximum absolute atomic E-state index is 5.72. The molecule has 5 N–H and O–H groups in total. The molecule has 0 bridgehead atoms. The average Bonchev–Trinajstić information content (AvgIpc) is 2.40. The predicted octanol–water partition coefficient (Wildman–Crippen LogP) is 3.23. The second-order valence-corrected chi connectivity index (χ2v) is 6.49. The number of benzene rings is 1. The van der Waals surface area contributed by atoms with Crippen LogP contribution in [0.4, 0.5) is 11.6 Å². The van der Waals surface area contributed by atoms with E-state index in [-0.39, 0.29) is 6.04 Å². The lowest BCUT2D eigenvalue weighted by molar-refractivity contribution is 0.589. The molecule has 2 rings (SSSR count). The van der Waals surface area contributed by atoms with Crippen LogP contribution in [0.15, 0.2) is 38.8 Å². The number of hydrogen-bond acceptors (Lipinski definition) is 6. The van der Waals surface area contributed by atoms with Gasteiger partial charge in [0.1, 0.15) is 11.6 Å². The van der Waals surface area contributed by atoms with Crippen molar-refractivity contribution in [3.05, 3.63) is 34.3 Å². The summed E-state index contributed by atoms with van der Waals surface area (Å²) in [5, 5.41) is 3.97. The van der Waals surface area contributed by atoms with E-state index < -0.39 is 0 Å². The molecular formula is C14H18BrN5S. The van der Waals surface area contributed by atoms with Gasteiger partial charge >= 0.3 is 0 Å². The molecule has 0 saturated carbocycles. The third-order valence-corrected chi connectivity index (χ3v) is 4.35. The minimum Gasteiger partial charge on any atom is -0.383 e. The van der Waals surface area contributed by atoms with Crippen molar-refractivity contribution < 1.29 is 0 Å². The molecule has 0 fully saturated rings. The molecule has 1 aromatic heterocycles. The first-order valence-electron chi connectivity index (χ1n) is 6.60. The fraction of sp³-hybridized carbons (Fsp3) is 0.286. The van der Waals surface area contributed by atoms with Gasteiger partial charge < -0.3 is 16.8 Å². The number of nitrogen functional groups attached to an aromatic ring is 2. The van der Waals surface area contributed by atoms with E-state index in [4.69, 9.17) is 11.5 Å². The molecule has 21 heavy (non-hydrogen) atoms. The Morgan fingerprint density at radius 1 is 1.24 bits per heavy atom. The molecule has 0 saturated heterocycles. The third kappa shape index (κ3) is 4.33. The number of rotatable bonds is 5. The van der Waals surface area contributed by atoms with Crippen LogP contribution in [0, 0.1) is 0 Å². The van der Waals surface area contributed by atoms with E-state index in [2.05, 4.69) is 51.1 Å². The zero-order valence-corrected chi connectivity index (χ0v) is 14.3. The molecule has 112 valence electrons. The van der Waals surface area contributed by atoms with E-state index >= 15 is 0 Å². The monoisotopic (exact) mass is 367 g/mol. The lowest BCUT2D eigenvalue weighted by Crippen LogP contribution is -2.18. The maximum atomic E-state index is 5.72. The summed E-state index contributed by atoms with van der Waals surface area (Å²) in [4.78, 5) is 9.51. The number of nitrogens with two attached hydrogens (primary N) is 2. The SMILES string of the molecule is CCNC(C)c1cc(Br)ccc1Sc1nc(N)cc(N)n1. The topological polar surface area (TPSA) is 89.8 Å². The highest BCUT2D eigenvalue weighted by Crippen LogP contribution is 2.34. The molecule has 2 aromatic rings. The Labute approximate surface area is 137 Å². The molecule has 1 aromatic carbocycles. The van der Waals surface area contributed by atoms with Crippen molar-refractivity contribution in [2.75, 3.05) is 18.0 Å². The highest BCUT2D eigenvalue weighted by Gasteiger charge is 2.13. The average molecular weight is 368 g/mol. The van der Waals surface area contributed by atoms with Crippen molar-refractivity contribution in [1.29, 1.82) is 0 Å². The van der Waals surface area contributed by atoms with Gasteiger partial charge in [-0.25, -0.2) is 9.97 Å². The van der Waals surface area contributed by atoms with Gasteiger partial charge in [-0.2, -0.15) is 0 Å². The Morgan fingerprint density at radius 3 is 2.52 bits per heavy atom. The Morgan fingerprint density at radius 2 is 1.90 bits per heavy atom. The van der Waals surface area contributed by atoms with Gasteiger partial charge in [0.15, 0.2) is 5.16 Å². The number of nitrogens with one attached hydrogen (secondary N) is 1. The predicted molar refractivity (Wildman–Crippen MR) is 91.2 cm³/mol. The lowest BCUT2D eigenvalue weighted by atomic mass is 10.1. The van der Waals surface area contributed by atoms with Crippen molar-refractivity contribution in [3.63, 3.8) is 0 Å². The van der Waals surface area contributed by atoms with Gasteiger partial charge in [-0.05, 0) is 49.0 Å². The normalized spacial score (nSPS) is 12.3. The summed E-state index contributed by atoms with van der Waals surface area (Å²) >= 11 is 4.98. The first kappa shape index (κ1) is 16.1. The van der Waals surface area contributed by atoms with E-state index in [0.717, 1.165) is 15.9 Å². The van der Waals surface area contributed by atoms with Crippen molar-refractivity contribution >= 4 is 39.3 Å². The van der Waals surface area contributed by atoms with Crippen LogP contribution in [-0.4, -0.2) is 16.5 Å². The molecule has 0 spiro atoms. The van der Waals surface area contributed by atoms with Crippen LogP contribution < -0.4 is 16.8 Å². The summed E-state index contributed by atoms with van der Waals surface area (Å²) in [5.41, 5.74) is 12.6. The van der Waals surface area contributed by atoms with Crippen molar-refractivity contribution in [3.8, 4) is 0 Å². The fourth-order valence-corrected chi connectivity index (χ4v) is 3.34. The molecule has 1 atom stereocenters. The van der Waals surface area contributed by atoms with E-state index in [1.165, 1.54) is 17.3 Å². The van der Waals surface area contributed by atoms with Crippen LogP contribution >= 0.6 is 27.7 Å². The number of hydrogen-bond donors (Lipinski definition) is 3. The third-order valence-electron chi connectivity index (χ3n) is 2.90. The minimum atomic E-state index is 0.230. The molecule has 0 aliphatic rings. The van der Waals surface area contributed by atoms with E-state index in [0.29, 0.717) is 16.8 Å². The summed E-state index contributed by atoms with van der Waals surface area (Å²) in [5.74, 6) is 0.756. The molecule has 0 aliphatic carbocycles. The fourth-order valence-electron chi connectivity index (χ4n) is 1.97. The number of halogens is 1. The number of nitrogens with zero attached hydrogens (tertiary/aromatic N) is 2. The largest absolute Gasteiger partial charge is 0.383 e. The molecule has 0 radical (unpaired) electrons. The van der Waals surface area contributed by atoms with Crippen molar-refractivity contribution in [2.45, 2.75) is 29.9 Å². The molecule has 1 unspecified atom stereocenters. The Kier molecular flexibility index (Phi) is 5.44. The quantitative estimate of drug-likeness (QED) is 0.702. The van der Waals surface area contributed by atoms with Crippen molar-refractivity contribution in [2.24, 2.45) is 0 Å². The highest BCUT2D eigenvalue weighted by atomic mass is 79.9. The van der Waals surface area contributed by atoms with Gasteiger partial charge in [0, 0.05) is 21.5 Å². The molecule has 1 heterocycles. The summed E-state index contributed by atoms with van der Waals surface area (Å²) in [6.07, 6.45) is 0. The molecular weight excluding hydrogens is 350 g/mol. The molecule has 0 aliphatic heterocycles. The Hall–Kier alpha value is -1.31. The van der Waals surface area contributed by atoms with Gasteiger partial charge in [0.05, 0.1) is 0 Å². The van der Waals surface area contributed by atoms with Crippen LogP contribution in [0.2, 0.25) is 0 Å². The van der Waals surface area contributed by atoms with Gasteiger partial charge in [-0.3, -0.25) is 0 Å². The highest BCUT2D eigenvalue weighted by molar-refractivity contribution is 9.10.